The number of hydrogen-bond acceptors (Lipinski definition) is 7. The molecule has 0 radical (unpaired) electrons. The lowest BCUT2D eigenvalue weighted by Gasteiger charge is -2.20. The third kappa shape index (κ3) is 6.34. The number of pyridine rings is 1. The zero-order valence-corrected chi connectivity index (χ0v) is 23.1. The van der Waals surface area contributed by atoms with Gasteiger partial charge in [0.05, 0.1) is 19.2 Å². The maximum absolute atomic E-state index is 14.6. The quantitative estimate of drug-likeness (QED) is 0.423. The van der Waals surface area contributed by atoms with Gasteiger partial charge in [-0.05, 0) is 74.3 Å². The van der Waals surface area contributed by atoms with Crippen molar-refractivity contribution in [3.63, 3.8) is 0 Å². The van der Waals surface area contributed by atoms with Gasteiger partial charge in [-0.1, -0.05) is 13.8 Å². The summed E-state index contributed by atoms with van der Waals surface area (Å²) < 4.78 is 49.8. The standard InChI is InChI=1S/C26H34FN5O4S/c1-8-32-23(17(4)31(5)6)15-26(29-32)37(34,35)30-24(33)14-22-20(16(2)3)12-19(27)13-21(22)18-9-10-28-25(11-18)36-7/h9-13,15-17H,8,14H2,1-7H3,(H,30,33). The Balaban J connectivity index is 1.98. The number of ether oxygens (including phenoxy) is 1. The van der Waals surface area contributed by atoms with Gasteiger partial charge < -0.3 is 9.64 Å². The van der Waals surface area contributed by atoms with E-state index in [1.54, 1.807) is 16.8 Å². The lowest BCUT2D eigenvalue weighted by molar-refractivity contribution is -0.118. The average molecular weight is 532 g/mol. The Kier molecular flexibility index (Phi) is 8.70. The van der Waals surface area contributed by atoms with Crippen LogP contribution in [0.4, 0.5) is 4.39 Å². The molecule has 3 rings (SSSR count). The van der Waals surface area contributed by atoms with Gasteiger partial charge in [0.1, 0.15) is 5.82 Å². The molecule has 2 aromatic heterocycles. The Labute approximate surface area is 217 Å². The number of nitrogens with zero attached hydrogens (tertiary/aromatic N) is 4. The molecule has 9 nitrogen and oxygen atoms in total. The van der Waals surface area contributed by atoms with Crippen LogP contribution in [0.15, 0.2) is 41.6 Å². The zero-order valence-electron chi connectivity index (χ0n) is 22.2. The van der Waals surface area contributed by atoms with Crippen molar-refractivity contribution in [1.29, 1.82) is 0 Å². The number of carbonyl (C=O) groups is 1. The Morgan fingerprint density at radius 2 is 1.89 bits per heavy atom. The Morgan fingerprint density at radius 3 is 2.49 bits per heavy atom. The van der Waals surface area contributed by atoms with E-state index in [1.807, 2.05) is 46.7 Å². The van der Waals surface area contributed by atoms with Crippen molar-refractivity contribution in [3.05, 3.63) is 59.2 Å². The molecule has 1 amide bonds. The van der Waals surface area contributed by atoms with E-state index in [0.717, 1.165) is 5.69 Å². The molecular formula is C26H34FN5O4S. The van der Waals surface area contributed by atoms with Crippen LogP contribution >= 0.6 is 0 Å². The number of nitrogens with one attached hydrogen (secondary N) is 1. The highest BCUT2D eigenvalue weighted by molar-refractivity contribution is 7.90. The van der Waals surface area contributed by atoms with E-state index in [1.165, 1.54) is 31.5 Å². The molecule has 0 aliphatic carbocycles. The molecular weight excluding hydrogens is 497 g/mol. The van der Waals surface area contributed by atoms with Gasteiger partial charge in [-0.3, -0.25) is 9.48 Å². The number of hydrogen-bond donors (Lipinski definition) is 1. The second-order valence-electron chi connectivity index (χ2n) is 9.33. The minimum atomic E-state index is -4.23. The first-order valence-electron chi connectivity index (χ1n) is 12.0. The van der Waals surface area contributed by atoms with Crippen LogP contribution < -0.4 is 9.46 Å². The van der Waals surface area contributed by atoms with Gasteiger partial charge >= 0.3 is 0 Å². The molecule has 2 heterocycles. The Hall–Kier alpha value is -3.31. The van der Waals surface area contributed by atoms with E-state index < -0.39 is 21.7 Å². The monoisotopic (exact) mass is 531 g/mol. The molecule has 1 N–H and O–H groups in total. The summed E-state index contributed by atoms with van der Waals surface area (Å²) >= 11 is 0. The number of benzene rings is 1. The van der Waals surface area contributed by atoms with Gasteiger partial charge in [0.25, 0.3) is 10.0 Å². The number of carbonyl (C=O) groups excluding carboxylic acids is 1. The summed E-state index contributed by atoms with van der Waals surface area (Å²) in [6.45, 7) is 8.05. The molecule has 1 aromatic carbocycles. The van der Waals surface area contributed by atoms with Crippen molar-refractivity contribution < 1.29 is 22.3 Å². The average Bonchev–Trinajstić information content (AvgIpc) is 3.29. The molecule has 0 fully saturated rings. The van der Waals surface area contributed by atoms with E-state index in [4.69, 9.17) is 4.74 Å². The normalized spacial score (nSPS) is 12.7. The molecule has 37 heavy (non-hydrogen) atoms. The minimum Gasteiger partial charge on any atom is -0.481 e. The fourth-order valence-corrected chi connectivity index (χ4v) is 5.07. The number of amides is 1. The van der Waals surface area contributed by atoms with Crippen LogP contribution in [0.3, 0.4) is 0 Å². The van der Waals surface area contributed by atoms with Crippen molar-refractivity contribution >= 4 is 15.9 Å². The maximum Gasteiger partial charge on any atom is 0.283 e. The predicted molar refractivity (Wildman–Crippen MR) is 139 cm³/mol. The number of aryl methyl sites for hydroxylation is 1. The number of aromatic nitrogens is 3. The van der Waals surface area contributed by atoms with Crippen LogP contribution in [0, 0.1) is 5.82 Å². The van der Waals surface area contributed by atoms with Crippen LogP contribution in [0.2, 0.25) is 0 Å². The van der Waals surface area contributed by atoms with E-state index >= 15 is 0 Å². The maximum atomic E-state index is 14.6. The largest absolute Gasteiger partial charge is 0.481 e. The first-order chi connectivity index (χ1) is 17.4. The Bertz CT molecular complexity index is 1390. The van der Waals surface area contributed by atoms with E-state index in [0.29, 0.717) is 34.7 Å². The minimum absolute atomic E-state index is 0.0835. The van der Waals surface area contributed by atoms with Crippen molar-refractivity contribution in [3.8, 4) is 17.0 Å². The molecule has 1 unspecified atom stereocenters. The highest BCUT2D eigenvalue weighted by Crippen LogP contribution is 2.33. The second-order valence-corrected chi connectivity index (χ2v) is 11.0. The summed E-state index contributed by atoms with van der Waals surface area (Å²) in [5.41, 5.74) is 2.92. The highest BCUT2D eigenvalue weighted by atomic mass is 32.2. The molecule has 0 bridgehead atoms. The molecule has 0 aliphatic heterocycles. The number of halogens is 1. The zero-order chi connectivity index (χ0) is 27.5. The summed E-state index contributed by atoms with van der Waals surface area (Å²) in [6, 6.07) is 7.43. The first kappa shape index (κ1) is 28.3. The lowest BCUT2D eigenvalue weighted by Crippen LogP contribution is -2.32. The molecule has 0 spiro atoms. The predicted octanol–water partition coefficient (Wildman–Crippen LogP) is 3.91. The van der Waals surface area contributed by atoms with Crippen LogP contribution in [0.25, 0.3) is 11.1 Å². The van der Waals surface area contributed by atoms with Gasteiger partial charge in [-0.25, -0.2) is 14.1 Å². The summed E-state index contributed by atoms with van der Waals surface area (Å²) in [4.78, 5) is 19.1. The molecule has 11 heteroatoms. The Morgan fingerprint density at radius 1 is 1.19 bits per heavy atom. The molecule has 3 aromatic rings. The molecule has 0 aliphatic rings. The lowest BCUT2D eigenvalue weighted by atomic mass is 9.88. The van der Waals surface area contributed by atoms with Gasteiger partial charge in [-0.15, -0.1) is 0 Å². The third-order valence-electron chi connectivity index (χ3n) is 6.28. The van der Waals surface area contributed by atoms with Gasteiger partial charge in [0, 0.05) is 30.9 Å². The summed E-state index contributed by atoms with van der Waals surface area (Å²) in [5, 5.41) is 3.99. The molecule has 200 valence electrons. The highest BCUT2D eigenvalue weighted by Gasteiger charge is 2.26. The number of sulfonamides is 1. The summed E-state index contributed by atoms with van der Waals surface area (Å²) in [5.74, 6) is -0.990. The van der Waals surface area contributed by atoms with Crippen LogP contribution in [0.5, 0.6) is 5.88 Å². The summed E-state index contributed by atoms with van der Waals surface area (Å²) in [6.07, 6.45) is 1.25. The number of rotatable bonds is 10. The topological polar surface area (TPSA) is 106 Å². The van der Waals surface area contributed by atoms with Crippen molar-refractivity contribution in [2.45, 2.75) is 57.6 Å². The molecule has 0 saturated carbocycles. The SMILES string of the molecule is CCn1nc(S(=O)(=O)NC(=O)Cc2c(-c3ccnc(OC)c3)cc(F)cc2C(C)C)cc1C(C)N(C)C. The van der Waals surface area contributed by atoms with Crippen molar-refractivity contribution in [2.75, 3.05) is 21.2 Å². The van der Waals surface area contributed by atoms with Crippen molar-refractivity contribution in [2.24, 2.45) is 0 Å². The van der Waals surface area contributed by atoms with Crippen LogP contribution in [0.1, 0.15) is 56.5 Å². The van der Waals surface area contributed by atoms with Crippen molar-refractivity contribution in [1.82, 2.24) is 24.4 Å². The molecule has 1 atom stereocenters. The third-order valence-corrected chi connectivity index (χ3v) is 7.52. The second kappa shape index (κ2) is 11.4. The molecule has 0 saturated heterocycles. The fourth-order valence-electron chi connectivity index (χ4n) is 4.11. The first-order valence-corrected chi connectivity index (χ1v) is 13.5. The van der Waals surface area contributed by atoms with E-state index in [2.05, 4.69) is 14.8 Å². The fraction of sp³-hybridized carbons (Fsp3) is 0.423. The smallest absolute Gasteiger partial charge is 0.283 e. The number of methoxy groups -OCH3 is 1. The van der Waals surface area contributed by atoms with Gasteiger partial charge in [0.2, 0.25) is 11.8 Å². The van der Waals surface area contributed by atoms with Gasteiger partial charge in [-0.2, -0.15) is 13.5 Å². The summed E-state index contributed by atoms with van der Waals surface area (Å²) in [7, 11) is 1.01. The van der Waals surface area contributed by atoms with E-state index in [-0.39, 0.29) is 23.4 Å². The van der Waals surface area contributed by atoms with Gasteiger partial charge in [0.15, 0.2) is 5.03 Å². The van der Waals surface area contributed by atoms with E-state index in [9.17, 15) is 17.6 Å². The van der Waals surface area contributed by atoms with Crippen LogP contribution in [-0.2, 0) is 27.8 Å². The van der Waals surface area contributed by atoms with Crippen LogP contribution in [-0.4, -0.2) is 55.2 Å².